The quantitative estimate of drug-likeness (QED) is 0.780. The lowest BCUT2D eigenvalue weighted by molar-refractivity contribution is -0.150. The molecule has 0 amide bonds. The number of rotatable bonds is 3. The van der Waals surface area contributed by atoms with E-state index in [1.165, 1.54) is 0 Å². The Morgan fingerprint density at radius 3 is 2.27 bits per heavy atom. The molecule has 0 aliphatic heterocycles. The summed E-state index contributed by atoms with van der Waals surface area (Å²) in [5.74, 6) is -0.820. The van der Waals surface area contributed by atoms with Crippen molar-refractivity contribution in [1.82, 2.24) is 0 Å². The van der Waals surface area contributed by atoms with E-state index in [2.05, 4.69) is 0 Å². The van der Waals surface area contributed by atoms with Crippen molar-refractivity contribution >= 4 is 25.7 Å². The smallest absolute Gasteiger partial charge is 0.309 e. The van der Waals surface area contributed by atoms with E-state index in [0.29, 0.717) is 25.7 Å². The van der Waals surface area contributed by atoms with Crippen LogP contribution in [0.15, 0.2) is 0 Å². The van der Waals surface area contributed by atoms with Gasteiger partial charge < -0.3 is 5.11 Å². The zero-order chi connectivity index (χ0) is 11.7. The lowest BCUT2D eigenvalue weighted by Crippen LogP contribution is -2.33. The maximum atomic E-state index is 10.9. The van der Waals surface area contributed by atoms with Crippen molar-refractivity contribution in [3.63, 3.8) is 0 Å². The third kappa shape index (κ3) is 3.65. The average molecular weight is 255 g/mol. The van der Waals surface area contributed by atoms with Gasteiger partial charge in [0.15, 0.2) is 0 Å². The number of aliphatic carboxylic acids is 1. The second-order valence-electron chi connectivity index (χ2n) is 4.51. The molecule has 88 valence electrons. The Labute approximate surface area is 94.0 Å². The van der Waals surface area contributed by atoms with Crippen molar-refractivity contribution in [2.45, 2.75) is 32.6 Å². The van der Waals surface area contributed by atoms with Gasteiger partial charge in [0, 0.05) is 10.7 Å². The highest BCUT2D eigenvalue weighted by Crippen LogP contribution is 2.39. The van der Waals surface area contributed by atoms with Crippen LogP contribution in [0.2, 0.25) is 0 Å². The standard InChI is InChI=1S/C9H15ClO4S/c1-9(8(11)12)4-2-7(3-5-9)6-15(10,13)14/h7H,2-6H2,1H3,(H,11,12). The summed E-state index contributed by atoms with van der Waals surface area (Å²) >= 11 is 0. The molecule has 0 unspecified atom stereocenters. The van der Waals surface area contributed by atoms with Crippen molar-refractivity contribution < 1.29 is 18.3 Å². The van der Waals surface area contributed by atoms with Crippen LogP contribution in [0.4, 0.5) is 0 Å². The summed E-state index contributed by atoms with van der Waals surface area (Å²) in [5, 5.41) is 8.97. The molecule has 1 saturated carbocycles. The minimum absolute atomic E-state index is 0.0138. The zero-order valence-corrected chi connectivity index (χ0v) is 10.1. The molecule has 6 heteroatoms. The molecule has 0 atom stereocenters. The van der Waals surface area contributed by atoms with Crippen LogP contribution in [0.3, 0.4) is 0 Å². The summed E-state index contributed by atoms with van der Waals surface area (Å²) in [7, 11) is 1.70. The summed E-state index contributed by atoms with van der Waals surface area (Å²) < 4.78 is 21.7. The normalized spacial score (nSPS) is 32.5. The number of carboxylic acids is 1. The zero-order valence-electron chi connectivity index (χ0n) is 8.57. The molecule has 0 saturated heterocycles. The Balaban J connectivity index is 2.53. The van der Waals surface area contributed by atoms with Crippen LogP contribution >= 0.6 is 10.7 Å². The largest absolute Gasteiger partial charge is 0.481 e. The second-order valence-corrected chi connectivity index (χ2v) is 7.34. The molecule has 0 aromatic rings. The van der Waals surface area contributed by atoms with E-state index in [1.54, 1.807) is 6.92 Å². The molecule has 0 bridgehead atoms. The predicted molar refractivity (Wildman–Crippen MR) is 57.3 cm³/mol. The first-order valence-corrected chi connectivity index (χ1v) is 7.36. The minimum Gasteiger partial charge on any atom is -0.481 e. The monoisotopic (exact) mass is 254 g/mol. The van der Waals surface area contributed by atoms with E-state index in [4.69, 9.17) is 15.8 Å². The van der Waals surface area contributed by atoms with Gasteiger partial charge in [0.25, 0.3) is 0 Å². The van der Waals surface area contributed by atoms with E-state index in [1.807, 2.05) is 0 Å². The SMILES string of the molecule is CC1(C(=O)O)CCC(CS(=O)(=O)Cl)CC1. The van der Waals surface area contributed by atoms with Crippen molar-refractivity contribution in [2.75, 3.05) is 5.75 Å². The van der Waals surface area contributed by atoms with Gasteiger partial charge in [0.2, 0.25) is 9.05 Å². The van der Waals surface area contributed by atoms with Gasteiger partial charge in [-0.15, -0.1) is 0 Å². The van der Waals surface area contributed by atoms with Crippen LogP contribution in [0.1, 0.15) is 32.6 Å². The van der Waals surface area contributed by atoms with Crippen LogP contribution in [0.25, 0.3) is 0 Å². The number of carbonyl (C=O) groups is 1. The predicted octanol–water partition coefficient (Wildman–Crippen LogP) is 1.84. The Kier molecular flexibility index (Phi) is 3.66. The summed E-state index contributed by atoms with van der Waals surface area (Å²) in [6.07, 6.45) is 2.29. The van der Waals surface area contributed by atoms with Gasteiger partial charge in [0.1, 0.15) is 0 Å². The van der Waals surface area contributed by atoms with Crippen molar-refractivity contribution in [2.24, 2.45) is 11.3 Å². The highest BCUT2D eigenvalue weighted by atomic mass is 35.7. The van der Waals surface area contributed by atoms with Gasteiger partial charge in [-0.3, -0.25) is 4.79 Å². The Hall–Kier alpha value is -0.290. The molecular formula is C9H15ClO4S. The molecule has 1 aliphatic carbocycles. The summed E-state index contributed by atoms with van der Waals surface area (Å²) in [6, 6.07) is 0. The first-order chi connectivity index (χ1) is 6.73. The Morgan fingerprint density at radius 1 is 1.47 bits per heavy atom. The Morgan fingerprint density at radius 2 is 1.93 bits per heavy atom. The topological polar surface area (TPSA) is 71.4 Å². The second kappa shape index (κ2) is 4.29. The number of hydrogen-bond donors (Lipinski definition) is 1. The van der Waals surface area contributed by atoms with Gasteiger partial charge in [0.05, 0.1) is 11.2 Å². The van der Waals surface area contributed by atoms with E-state index >= 15 is 0 Å². The minimum atomic E-state index is -3.46. The molecule has 1 fully saturated rings. The average Bonchev–Trinajstić information content (AvgIpc) is 2.07. The van der Waals surface area contributed by atoms with Crippen LogP contribution < -0.4 is 0 Å². The molecule has 0 spiro atoms. The molecule has 1 N–H and O–H groups in total. The van der Waals surface area contributed by atoms with Gasteiger partial charge >= 0.3 is 5.97 Å². The van der Waals surface area contributed by atoms with Crippen molar-refractivity contribution in [3.05, 3.63) is 0 Å². The molecule has 0 aromatic carbocycles. The van der Waals surface area contributed by atoms with Gasteiger partial charge in [-0.05, 0) is 38.5 Å². The van der Waals surface area contributed by atoms with Crippen LogP contribution in [0.5, 0.6) is 0 Å². The van der Waals surface area contributed by atoms with Gasteiger partial charge in [-0.1, -0.05) is 0 Å². The van der Waals surface area contributed by atoms with Gasteiger partial charge in [-0.2, -0.15) is 0 Å². The summed E-state index contributed by atoms with van der Waals surface area (Å²) in [4.78, 5) is 10.9. The van der Waals surface area contributed by atoms with Gasteiger partial charge in [-0.25, -0.2) is 8.42 Å². The molecule has 1 rings (SSSR count). The molecule has 15 heavy (non-hydrogen) atoms. The fraction of sp³-hybridized carbons (Fsp3) is 0.889. The molecule has 4 nitrogen and oxygen atoms in total. The molecule has 0 aromatic heterocycles. The van der Waals surface area contributed by atoms with Crippen LogP contribution in [-0.4, -0.2) is 25.2 Å². The van der Waals surface area contributed by atoms with E-state index in [0.717, 1.165) is 0 Å². The van der Waals surface area contributed by atoms with Crippen molar-refractivity contribution in [1.29, 1.82) is 0 Å². The lowest BCUT2D eigenvalue weighted by Gasteiger charge is -2.33. The van der Waals surface area contributed by atoms with E-state index in [-0.39, 0.29) is 11.7 Å². The highest BCUT2D eigenvalue weighted by Gasteiger charge is 2.38. The third-order valence-electron chi connectivity index (χ3n) is 3.16. The first-order valence-electron chi connectivity index (χ1n) is 4.89. The fourth-order valence-corrected chi connectivity index (χ4v) is 3.41. The number of hydrogen-bond acceptors (Lipinski definition) is 3. The first kappa shape index (κ1) is 12.8. The fourth-order valence-electron chi connectivity index (χ4n) is 1.98. The molecule has 0 heterocycles. The maximum Gasteiger partial charge on any atom is 0.309 e. The van der Waals surface area contributed by atoms with E-state index in [9.17, 15) is 13.2 Å². The highest BCUT2D eigenvalue weighted by molar-refractivity contribution is 8.13. The van der Waals surface area contributed by atoms with Crippen LogP contribution in [0, 0.1) is 11.3 Å². The van der Waals surface area contributed by atoms with Crippen LogP contribution in [-0.2, 0) is 13.8 Å². The number of halogens is 1. The molecular weight excluding hydrogens is 240 g/mol. The number of carboxylic acid groups (broad SMARTS) is 1. The maximum absolute atomic E-state index is 10.9. The lowest BCUT2D eigenvalue weighted by atomic mass is 9.72. The summed E-state index contributed by atoms with van der Waals surface area (Å²) in [5.41, 5.74) is -0.688. The Bertz CT molecular complexity index is 341. The molecule has 0 radical (unpaired) electrons. The molecule has 1 aliphatic rings. The summed E-state index contributed by atoms with van der Waals surface area (Å²) in [6.45, 7) is 1.71. The van der Waals surface area contributed by atoms with E-state index < -0.39 is 20.4 Å². The third-order valence-corrected chi connectivity index (χ3v) is 4.41. The van der Waals surface area contributed by atoms with Crippen molar-refractivity contribution in [3.8, 4) is 0 Å².